The van der Waals surface area contributed by atoms with Crippen LogP contribution >= 0.6 is 23.1 Å². The fraction of sp³-hybridized carbons (Fsp3) is 0.0909. The average Bonchev–Trinajstić information content (AvgIpc) is 3.06. The van der Waals surface area contributed by atoms with E-state index in [4.69, 9.17) is 10.3 Å². The van der Waals surface area contributed by atoms with Crippen LogP contribution < -0.4 is 11.3 Å². The lowest BCUT2D eigenvalue weighted by molar-refractivity contribution is 0.391. The molecule has 3 rings (SSSR count). The topological polar surface area (TPSA) is 111 Å². The van der Waals surface area contributed by atoms with Gasteiger partial charge in [0.1, 0.15) is 5.82 Å². The molecule has 0 saturated carbocycles. The second-order valence-corrected chi connectivity index (χ2v) is 5.53. The van der Waals surface area contributed by atoms with Crippen LogP contribution in [0, 0.1) is 0 Å². The maximum absolute atomic E-state index is 11.2. The van der Waals surface area contributed by atoms with Crippen LogP contribution in [0.1, 0.15) is 5.89 Å². The smallest absolute Gasteiger partial charge is 0.253 e. The standard InChI is InChI=1S/C11H9N5O2S2/c12-7-3-8(17)14-11(13-7)20-5-9-15-10(16-18-9)6-1-2-19-4-6/h1-4H,5H2,(H3,12,13,14,17). The van der Waals surface area contributed by atoms with Crippen molar-refractivity contribution in [1.82, 2.24) is 20.1 Å². The minimum atomic E-state index is -0.288. The minimum Gasteiger partial charge on any atom is -0.383 e. The van der Waals surface area contributed by atoms with E-state index in [1.54, 1.807) is 11.3 Å². The molecule has 0 saturated heterocycles. The molecule has 3 heterocycles. The first-order valence-electron chi connectivity index (χ1n) is 5.55. The number of rotatable bonds is 4. The molecule has 3 aromatic heterocycles. The van der Waals surface area contributed by atoms with E-state index in [1.807, 2.05) is 16.8 Å². The Bertz CT molecular complexity index is 765. The van der Waals surface area contributed by atoms with Crippen LogP contribution in [0.25, 0.3) is 11.4 Å². The molecular formula is C11H9N5O2S2. The van der Waals surface area contributed by atoms with E-state index < -0.39 is 0 Å². The van der Waals surface area contributed by atoms with Crippen molar-refractivity contribution in [2.45, 2.75) is 10.9 Å². The molecule has 102 valence electrons. The highest BCUT2D eigenvalue weighted by atomic mass is 32.2. The summed E-state index contributed by atoms with van der Waals surface area (Å²) in [6.45, 7) is 0. The normalized spacial score (nSPS) is 10.8. The van der Waals surface area contributed by atoms with Gasteiger partial charge >= 0.3 is 0 Å². The van der Waals surface area contributed by atoms with E-state index in [1.165, 1.54) is 17.8 Å². The average molecular weight is 307 g/mol. The lowest BCUT2D eigenvalue weighted by Crippen LogP contribution is -2.09. The van der Waals surface area contributed by atoms with E-state index in [0.717, 1.165) is 5.56 Å². The molecule has 3 N–H and O–H groups in total. The van der Waals surface area contributed by atoms with Crippen LogP contribution in [-0.4, -0.2) is 20.1 Å². The Morgan fingerprint density at radius 2 is 2.35 bits per heavy atom. The molecule has 0 fully saturated rings. The molecule has 0 aliphatic rings. The predicted molar refractivity (Wildman–Crippen MR) is 76.4 cm³/mol. The van der Waals surface area contributed by atoms with Gasteiger partial charge in [0.15, 0.2) is 5.16 Å². The Labute approximate surface area is 121 Å². The number of nitrogens with one attached hydrogen (secondary N) is 1. The molecule has 7 nitrogen and oxygen atoms in total. The zero-order valence-corrected chi connectivity index (χ0v) is 11.7. The predicted octanol–water partition coefficient (Wildman–Crippen LogP) is 1.76. The molecule has 0 amide bonds. The number of aromatic nitrogens is 4. The molecular weight excluding hydrogens is 298 g/mol. The van der Waals surface area contributed by atoms with E-state index in [9.17, 15) is 4.79 Å². The molecule has 0 bridgehead atoms. The summed E-state index contributed by atoms with van der Waals surface area (Å²) in [5.41, 5.74) is 6.14. The summed E-state index contributed by atoms with van der Waals surface area (Å²) in [5, 5.41) is 8.21. The van der Waals surface area contributed by atoms with E-state index in [0.29, 0.717) is 22.6 Å². The number of thioether (sulfide) groups is 1. The van der Waals surface area contributed by atoms with Crippen molar-refractivity contribution in [2.24, 2.45) is 0 Å². The van der Waals surface area contributed by atoms with Gasteiger partial charge < -0.3 is 15.2 Å². The van der Waals surface area contributed by atoms with Gasteiger partial charge in [-0.1, -0.05) is 16.9 Å². The van der Waals surface area contributed by atoms with Crippen LogP contribution in [0.2, 0.25) is 0 Å². The van der Waals surface area contributed by atoms with Gasteiger partial charge in [-0.25, -0.2) is 4.98 Å². The lowest BCUT2D eigenvalue weighted by atomic mass is 10.3. The molecule has 20 heavy (non-hydrogen) atoms. The molecule has 0 unspecified atom stereocenters. The largest absolute Gasteiger partial charge is 0.383 e. The van der Waals surface area contributed by atoms with Gasteiger partial charge in [-0.05, 0) is 11.4 Å². The summed E-state index contributed by atoms with van der Waals surface area (Å²) < 4.78 is 5.14. The van der Waals surface area contributed by atoms with Gasteiger partial charge in [0.25, 0.3) is 5.56 Å². The molecule has 0 aliphatic heterocycles. The molecule has 0 atom stereocenters. The number of thiophene rings is 1. The summed E-state index contributed by atoms with van der Waals surface area (Å²) in [6.07, 6.45) is 0. The van der Waals surface area contributed by atoms with E-state index >= 15 is 0 Å². The Hall–Kier alpha value is -2.13. The van der Waals surface area contributed by atoms with Crippen molar-refractivity contribution in [3.63, 3.8) is 0 Å². The van der Waals surface area contributed by atoms with Gasteiger partial charge in [0, 0.05) is 17.0 Å². The van der Waals surface area contributed by atoms with Crippen LogP contribution in [-0.2, 0) is 5.75 Å². The van der Waals surface area contributed by atoms with Gasteiger partial charge in [-0.15, -0.1) is 0 Å². The van der Waals surface area contributed by atoms with Crippen LogP contribution in [0.15, 0.2) is 37.4 Å². The Balaban J connectivity index is 1.71. The maximum atomic E-state index is 11.2. The number of nitrogen functional groups attached to an aromatic ring is 1. The van der Waals surface area contributed by atoms with E-state index in [2.05, 4.69) is 20.1 Å². The van der Waals surface area contributed by atoms with Gasteiger partial charge in [-0.2, -0.15) is 16.3 Å². The quantitative estimate of drug-likeness (QED) is 0.558. The summed E-state index contributed by atoms with van der Waals surface area (Å²) in [4.78, 5) is 22.1. The highest BCUT2D eigenvalue weighted by Crippen LogP contribution is 2.22. The zero-order valence-electron chi connectivity index (χ0n) is 10.1. The van der Waals surface area contributed by atoms with E-state index in [-0.39, 0.29) is 11.4 Å². The second-order valence-electron chi connectivity index (χ2n) is 3.79. The number of anilines is 1. The number of nitrogens with zero attached hydrogens (tertiary/aromatic N) is 3. The van der Waals surface area contributed by atoms with Crippen molar-refractivity contribution < 1.29 is 4.52 Å². The van der Waals surface area contributed by atoms with Crippen LogP contribution in [0.3, 0.4) is 0 Å². The fourth-order valence-corrected chi connectivity index (χ4v) is 2.83. The van der Waals surface area contributed by atoms with Crippen molar-refractivity contribution in [1.29, 1.82) is 0 Å². The number of hydrogen-bond donors (Lipinski definition) is 2. The number of aromatic amines is 1. The highest BCUT2D eigenvalue weighted by molar-refractivity contribution is 7.98. The molecule has 3 aromatic rings. The highest BCUT2D eigenvalue weighted by Gasteiger charge is 2.10. The first kappa shape index (κ1) is 12.9. The van der Waals surface area contributed by atoms with Crippen LogP contribution in [0.5, 0.6) is 0 Å². The molecule has 0 spiro atoms. The van der Waals surface area contributed by atoms with Crippen molar-refractivity contribution in [2.75, 3.05) is 5.73 Å². The summed E-state index contributed by atoms with van der Waals surface area (Å²) in [5.74, 6) is 1.60. The maximum Gasteiger partial charge on any atom is 0.253 e. The third kappa shape index (κ3) is 2.89. The third-order valence-electron chi connectivity index (χ3n) is 2.32. The van der Waals surface area contributed by atoms with Crippen molar-refractivity contribution >= 4 is 28.9 Å². The zero-order chi connectivity index (χ0) is 13.9. The SMILES string of the molecule is Nc1cc(=O)[nH]c(SCc2nc(-c3ccsc3)no2)n1. The fourth-order valence-electron chi connectivity index (χ4n) is 1.47. The minimum absolute atomic E-state index is 0.181. The number of nitrogens with two attached hydrogens (primary N) is 1. The third-order valence-corrected chi connectivity index (χ3v) is 3.86. The van der Waals surface area contributed by atoms with Crippen molar-refractivity contribution in [3.05, 3.63) is 39.1 Å². The Morgan fingerprint density at radius 1 is 1.45 bits per heavy atom. The Morgan fingerprint density at radius 3 is 3.10 bits per heavy atom. The summed E-state index contributed by atoms with van der Waals surface area (Å²) in [7, 11) is 0. The molecule has 9 heteroatoms. The first-order valence-corrected chi connectivity index (χ1v) is 7.48. The van der Waals surface area contributed by atoms with Gasteiger partial charge in [0.2, 0.25) is 11.7 Å². The van der Waals surface area contributed by atoms with Gasteiger partial charge in [-0.3, -0.25) is 4.79 Å². The molecule has 0 radical (unpaired) electrons. The lowest BCUT2D eigenvalue weighted by Gasteiger charge is -1.98. The summed E-state index contributed by atoms with van der Waals surface area (Å²) in [6, 6.07) is 3.15. The molecule has 0 aliphatic carbocycles. The monoisotopic (exact) mass is 307 g/mol. The Kier molecular flexibility index (Phi) is 3.52. The number of hydrogen-bond acceptors (Lipinski definition) is 8. The van der Waals surface area contributed by atoms with Gasteiger partial charge in [0.05, 0.1) is 5.75 Å². The number of H-pyrrole nitrogens is 1. The second kappa shape index (κ2) is 5.47. The first-order chi connectivity index (χ1) is 9.70. The van der Waals surface area contributed by atoms with Crippen molar-refractivity contribution in [3.8, 4) is 11.4 Å². The summed E-state index contributed by atoms with van der Waals surface area (Å²) >= 11 is 2.84. The molecule has 0 aromatic carbocycles. The van der Waals surface area contributed by atoms with Crippen LogP contribution in [0.4, 0.5) is 5.82 Å².